The molecule has 1 aliphatic rings. The van der Waals surface area contributed by atoms with Crippen LogP contribution in [-0.4, -0.2) is 48.5 Å². The van der Waals surface area contributed by atoms with Gasteiger partial charge < -0.3 is 14.2 Å². The van der Waals surface area contributed by atoms with Crippen LogP contribution in [0.25, 0.3) is 0 Å². The van der Waals surface area contributed by atoms with Gasteiger partial charge >= 0.3 is 6.09 Å². The molecule has 136 valence electrons. The minimum absolute atomic E-state index is 0.136. The monoisotopic (exact) mass is 365 g/mol. The Morgan fingerprint density at radius 1 is 1.40 bits per heavy atom. The standard InChI is InChI=1S/C19H24ClNO4/c1-5-10-23-15-11-14(13-24-17-9-7-6-8-16(17)20)21(12-15)18(22)25-19(2,3)4/h1,6-9,14-15H,10-13H2,2-4H3/t14-,15+/m1/s1. The van der Waals surface area contributed by atoms with E-state index in [4.69, 9.17) is 32.2 Å². The zero-order valence-electron chi connectivity index (χ0n) is 14.8. The number of hydrogen-bond acceptors (Lipinski definition) is 4. The third kappa shape index (κ3) is 5.84. The minimum atomic E-state index is -0.566. The number of benzene rings is 1. The second-order valence-electron chi connectivity index (χ2n) is 6.90. The van der Waals surface area contributed by atoms with Gasteiger partial charge in [0.05, 0.1) is 23.7 Å². The number of hydrogen-bond donors (Lipinski definition) is 0. The van der Waals surface area contributed by atoms with Crippen molar-refractivity contribution in [3.63, 3.8) is 0 Å². The third-order valence-corrected chi connectivity index (χ3v) is 3.99. The summed E-state index contributed by atoms with van der Waals surface area (Å²) in [5, 5.41) is 0.532. The molecule has 2 rings (SSSR count). The molecule has 2 atom stereocenters. The molecule has 1 aliphatic heterocycles. The van der Waals surface area contributed by atoms with Gasteiger partial charge in [0.25, 0.3) is 0 Å². The maximum absolute atomic E-state index is 12.5. The highest BCUT2D eigenvalue weighted by Gasteiger charge is 2.38. The highest BCUT2D eigenvalue weighted by molar-refractivity contribution is 6.32. The number of ether oxygens (including phenoxy) is 3. The van der Waals surface area contributed by atoms with E-state index in [9.17, 15) is 4.79 Å². The first kappa shape index (κ1) is 19.4. The smallest absolute Gasteiger partial charge is 0.410 e. The van der Waals surface area contributed by atoms with Gasteiger partial charge in [0.1, 0.15) is 24.6 Å². The number of para-hydroxylation sites is 1. The Kier molecular flexibility index (Phi) is 6.57. The van der Waals surface area contributed by atoms with Crippen molar-refractivity contribution in [2.75, 3.05) is 19.8 Å². The van der Waals surface area contributed by atoms with Crippen molar-refractivity contribution in [3.05, 3.63) is 29.3 Å². The Morgan fingerprint density at radius 2 is 2.12 bits per heavy atom. The maximum atomic E-state index is 12.5. The number of likely N-dealkylation sites (tertiary alicyclic amines) is 1. The summed E-state index contributed by atoms with van der Waals surface area (Å²) in [7, 11) is 0. The van der Waals surface area contributed by atoms with Crippen molar-refractivity contribution in [3.8, 4) is 18.1 Å². The maximum Gasteiger partial charge on any atom is 0.410 e. The molecule has 0 aromatic heterocycles. The molecular weight excluding hydrogens is 342 g/mol. The molecule has 6 heteroatoms. The Bertz CT molecular complexity index is 635. The number of rotatable bonds is 5. The lowest BCUT2D eigenvalue weighted by molar-refractivity contribution is 0.0156. The van der Waals surface area contributed by atoms with Crippen LogP contribution in [0, 0.1) is 12.3 Å². The van der Waals surface area contributed by atoms with E-state index in [2.05, 4.69) is 5.92 Å². The number of amides is 1. The van der Waals surface area contributed by atoms with E-state index < -0.39 is 5.60 Å². The van der Waals surface area contributed by atoms with Crippen molar-refractivity contribution in [2.45, 2.75) is 44.9 Å². The van der Waals surface area contributed by atoms with Crippen molar-refractivity contribution < 1.29 is 19.0 Å². The fourth-order valence-electron chi connectivity index (χ4n) is 2.61. The molecule has 5 nitrogen and oxygen atoms in total. The molecule has 0 saturated carbocycles. The number of terminal acetylenes is 1. The van der Waals surface area contributed by atoms with Crippen LogP contribution in [0.5, 0.6) is 5.75 Å². The Hall–Kier alpha value is -1.90. The van der Waals surface area contributed by atoms with Crippen molar-refractivity contribution in [1.29, 1.82) is 0 Å². The second kappa shape index (κ2) is 8.46. The van der Waals surface area contributed by atoms with Gasteiger partial charge in [-0.25, -0.2) is 4.79 Å². The molecule has 1 aromatic rings. The zero-order valence-corrected chi connectivity index (χ0v) is 15.6. The van der Waals surface area contributed by atoms with Gasteiger partial charge in [-0.1, -0.05) is 29.7 Å². The number of nitrogens with zero attached hydrogens (tertiary/aromatic N) is 1. The zero-order chi connectivity index (χ0) is 18.4. The summed E-state index contributed by atoms with van der Waals surface area (Å²) < 4.78 is 16.9. The molecule has 0 radical (unpaired) electrons. The van der Waals surface area contributed by atoms with Crippen molar-refractivity contribution >= 4 is 17.7 Å². The predicted molar refractivity (Wildman–Crippen MR) is 96.9 cm³/mol. The Morgan fingerprint density at radius 3 is 2.76 bits per heavy atom. The first-order valence-corrected chi connectivity index (χ1v) is 8.60. The van der Waals surface area contributed by atoms with Gasteiger partial charge in [-0.2, -0.15) is 0 Å². The van der Waals surface area contributed by atoms with Crippen molar-refractivity contribution in [1.82, 2.24) is 4.90 Å². The summed E-state index contributed by atoms with van der Waals surface area (Å²) in [4.78, 5) is 14.1. The molecule has 1 aromatic carbocycles. The van der Waals surface area contributed by atoms with Crippen LogP contribution < -0.4 is 4.74 Å². The van der Waals surface area contributed by atoms with E-state index in [0.29, 0.717) is 30.3 Å². The number of carbonyl (C=O) groups excluding carboxylic acids is 1. The first-order valence-electron chi connectivity index (χ1n) is 8.22. The molecule has 1 saturated heterocycles. The quantitative estimate of drug-likeness (QED) is 0.746. The predicted octanol–water partition coefficient (Wildman–Crippen LogP) is 3.75. The molecule has 1 fully saturated rings. The molecule has 0 N–H and O–H groups in total. The van der Waals surface area contributed by atoms with Crippen molar-refractivity contribution in [2.24, 2.45) is 0 Å². The second-order valence-corrected chi connectivity index (χ2v) is 7.31. The van der Waals surface area contributed by atoms with Gasteiger partial charge in [-0.05, 0) is 39.3 Å². The van der Waals surface area contributed by atoms with Crippen LogP contribution in [0.4, 0.5) is 4.79 Å². The lowest BCUT2D eigenvalue weighted by Crippen LogP contribution is -2.42. The third-order valence-electron chi connectivity index (χ3n) is 3.67. The normalized spacial score (nSPS) is 20.2. The van der Waals surface area contributed by atoms with Crippen LogP contribution in [0.3, 0.4) is 0 Å². The molecular formula is C19H24ClNO4. The minimum Gasteiger partial charge on any atom is -0.490 e. The Labute approximate surface area is 154 Å². The van der Waals surface area contributed by atoms with Gasteiger partial charge in [0, 0.05) is 0 Å². The summed E-state index contributed by atoms with van der Waals surface area (Å²) in [6.45, 7) is 6.45. The van der Waals surface area contributed by atoms with E-state index in [-0.39, 0.29) is 24.8 Å². The average molecular weight is 366 g/mol. The first-order chi connectivity index (χ1) is 11.8. The molecule has 1 amide bonds. The SMILES string of the molecule is C#CCO[C@H]1C[C@H](COc2ccccc2Cl)N(C(=O)OC(C)(C)C)C1. The summed E-state index contributed by atoms with van der Waals surface area (Å²) in [5.74, 6) is 3.04. The number of carbonyl (C=O) groups is 1. The van der Waals surface area contributed by atoms with Gasteiger partial charge in [0.15, 0.2) is 0 Å². The van der Waals surface area contributed by atoms with Crippen LogP contribution >= 0.6 is 11.6 Å². The summed E-state index contributed by atoms with van der Waals surface area (Å²) in [5.41, 5.74) is -0.566. The molecule has 1 heterocycles. The Balaban J connectivity index is 2.04. The largest absolute Gasteiger partial charge is 0.490 e. The molecule has 0 aliphatic carbocycles. The average Bonchev–Trinajstić information content (AvgIpc) is 2.94. The van der Waals surface area contributed by atoms with E-state index in [1.54, 1.807) is 17.0 Å². The number of halogens is 1. The van der Waals surface area contributed by atoms with Gasteiger partial charge in [0.2, 0.25) is 0 Å². The molecule has 0 spiro atoms. The van der Waals surface area contributed by atoms with E-state index in [1.165, 1.54) is 0 Å². The summed E-state index contributed by atoms with van der Waals surface area (Å²) in [6, 6.07) is 7.06. The van der Waals surface area contributed by atoms with Crippen LogP contribution in [0.2, 0.25) is 5.02 Å². The van der Waals surface area contributed by atoms with E-state index in [1.807, 2.05) is 32.9 Å². The summed E-state index contributed by atoms with van der Waals surface area (Å²) >= 11 is 6.12. The van der Waals surface area contributed by atoms with E-state index >= 15 is 0 Å². The highest BCUT2D eigenvalue weighted by Crippen LogP contribution is 2.27. The van der Waals surface area contributed by atoms with Crippen LogP contribution in [0.15, 0.2) is 24.3 Å². The summed E-state index contributed by atoms with van der Waals surface area (Å²) in [6.07, 6.45) is 5.36. The lowest BCUT2D eigenvalue weighted by atomic mass is 10.2. The fraction of sp³-hybridized carbons (Fsp3) is 0.526. The van der Waals surface area contributed by atoms with E-state index in [0.717, 1.165) is 0 Å². The van der Waals surface area contributed by atoms with Gasteiger partial charge in [-0.15, -0.1) is 6.42 Å². The fourth-order valence-corrected chi connectivity index (χ4v) is 2.80. The van der Waals surface area contributed by atoms with Crippen LogP contribution in [-0.2, 0) is 9.47 Å². The molecule has 25 heavy (non-hydrogen) atoms. The lowest BCUT2D eigenvalue weighted by Gasteiger charge is -2.28. The van der Waals surface area contributed by atoms with Crippen LogP contribution in [0.1, 0.15) is 27.2 Å². The topological polar surface area (TPSA) is 48.0 Å². The molecule has 0 bridgehead atoms. The molecule has 0 unspecified atom stereocenters. The highest BCUT2D eigenvalue weighted by atomic mass is 35.5. The van der Waals surface area contributed by atoms with Gasteiger partial charge in [-0.3, -0.25) is 4.90 Å².